The molecule has 0 saturated heterocycles. The molecule has 0 aliphatic heterocycles. The predicted octanol–water partition coefficient (Wildman–Crippen LogP) is 0.0189. The fourth-order valence-electron chi connectivity index (χ4n) is 2.31. The van der Waals surface area contributed by atoms with Crippen LogP contribution in [0.15, 0.2) is 0 Å². The average molecular weight is 198 g/mol. The number of hydrogen-bond donors (Lipinski definition) is 2. The first-order valence-electron chi connectivity index (χ1n) is 5.30. The Hall–Kier alpha value is -0.610. The molecule has 0 spiro atoms. The molecule has 0 aromatic rings. The molecule has 3 fully saturated rings. The predicted molar refractivity (Wildman–Crippen MR) is 52.7 cm³/mol. The largest absolute Gasteiger partial charge is 0.380 e. The zero-order valence-electron chi connectivity index (χ0n) is 8.58. The van der Waals surface area contributed by atoms with Gasteiger partial charge in [-0.25, -0.2) is 0 Å². The van der Waals surface area contributed by atoms with Crippen molar-refractivity contribution in [3.8, 4) is 0 Å². The molecular weight excluding hydrogens is 180 g/mol. The van der Waals surface area contributed by atoms with E-state index in [0.717, 1.165) is 25.2 Å². The summed E-state index contributed by atoms with van der Waals surface area (Å²) in [6.07, 6.45) is 3.46. The molecule has 0 heterocycles. The molecule has 4 nitrogen and oxygen atoms in total. The van der Waals surface area contributed by atoms with Crippen LogP contribution in [0.5, 0.6) is 0 Å². The monoisotopic (exact) mass is 198 g/mol. The Morgan fingerprint density at radius 1 is 1.64 bits per heavy atom. The van der Waals surface area contributed by atoms with Crippen LogP contribution < -0.4 is 11.1 Å². The molecular formula is C10H18N2O2. The van der Waals surface area contributed by atoms with Gasteiger partial charge in [-0.1, -0.05) is 0 Å². The maximum Gasteiger partial charge on any atom is 0.239 e. The number of ether oxygens (including phenoxy) is 1. The standard InChI is InChI=1S/C10H18N2O2/c1-2-14-6-8(11)9(13)12-10-3-7(4-10)5-10/h7-8H,2-6,11H2,1H3,(H,12,13). The summed E-state index contributed by atoms with van der Waals surface area (Å²) in [5.41, 5.74) is 5.80. The van der Waals surface area contributed by atoms with Crippen LogP contribution in [-0.4, -0.2) is 30.7 Å². The van der Waals surface area contributed by atoms with Crippen molar-refractivity contribution in [2.24, 2.45) is 11.7 Å². The lowest BCUT2D eigenvalue weighted by atomic mass is 9.50. The minimum atomic E-state index is -0.510. The molecule has 3 rings (SSSR count). The van der Waals surface area contributed by atoms with Gasteiger partial charge in [0, 0.05) is 12.1 Å². The highest BCUT2D eigenvalue weighted by Crippen LogP contribution is 2.56. The summed E-state index contributed by atoms with van der Waals surface area (Å²) >= 11 is 0. The van der Waals surface area contributed by atoms with Crippen molar-refractivity contribution in [1.29, 1.82) is 0 Å². The highest BCUT2D eigenvalue weighted by Gasteiger charge is 2.57. The number of nitrogens with one attached hydrogen (secondary N) is 1. The Morgan fingerprint density at radius 2 is 2.29 bits per heavy atom. The fraction of sp³-hybridized carbons (Fsp3) is 0.900. The molecule has 3 aliphatic rings. The lowest BCUT2D eigenvalue weighted by Crippen LogP contribution is -2.69. The quantitative estimate of drug-likeness (QED) is 0.654. The molecule has 0 aromatic heterocycles. The lowest BCUT2D eigenvalue weighted by Gasteiger charge is -2.62. The maximum absolute atomic E-state index is 11.6. The number of carbonyl (C=O) groups is 1. The van der Waals surface area contributed by atoms with E-state index in [2.05, 4.69) is 5.32 Å². The number of hydrogen-bond acceptors (Lipinski definition) is 3. The van der Waals surface area contributed by atoms with E-state index in [0.29, 0.717) is 13.2 Å². The van der Waals surface area contributed by atoms with E-state index in [4.69, 9.17) is 10.5 Å². The first-order valence-corrected chi connectivity index (χ1v) is 5.30. The van der Waals surface area contributed by atoms with Gasteiger partial charge >= 0.3 is 0 Å². The normalized spacial score (nSPS) is 35.4. The van der Waals surface area contributed by atoms with Crippen LogP contribution in [0.4, 0.5) is 0 Å². The average Bonchev–Trinajstić information content (AvgIpc) is 2.04. The van der Waals surface area contributed by atoms with Gasteiger partial charge in [-0.05, 0) is 32.1 Å². The molecule has 1 atom stereocenters. The first-order chi connectivity index (χ1) is 6.65. The van der Waals surface area contributed by atoms with E-state index in [1.165, 1.54) is 0 Å². The molecule has 4 heteroatoms. The van der Waals surface area contributed by atoms with Crippen LogP contribution >= 0.6 is 0 Å². The van der Waals surface area contributed by atoms with Gasteiger partial charge in [0.25, 0.3) is 0 Å². The van der Waals surface area contributed by atoms with E-state index >= 15 is 0 Å². The van der Waals surface area contributed by atoms with Crippen molar-refractivity contribution >= 4 is 5.91 Å². The van der Waals surface area contributed by atoms with Gasteiger partial charge in [-0.2, -0.15) is 0 Å². The van der Waals surface area contributed by atoms with Gasteiger partial charge in [-0.15, -0.1) is 0 Å². The molecule has 1 amide bonds. The smallest absolute Gasteiger partial charge is 0.239 e. The van der Waals surface area contributed by atoms with Gasteiger partial charge < -0.3 is 15.8 Å². The molecule has 0 radical (unpaired) electrons. The molecule has 3 aliphatic carbocycles. The highest BCUT2D eigenvalue weighted by atomic mass is 16.5. The zero-order valence-corrected chi connectivity index (χ0v) is 8.58. The topological polar surface area (TPSA) is 64.3 Å². The maximum atomic E-state index is 11.6. The van der Waals surface area contributed by atoms with Crippen LogP contribution in [0.1, 0.15) is 26.2 Å². The Kier molecular flexibility index (Phi) is 2.49. The minimum absolute atomic E-state index is 0.0587. The van der Waals surface area contributed by atoms with Crippen LogP contribution in [0, 0.1) is 5.92 Å². The molecule has 1 unspecified atom stereocenters. The van der Waals surface area contributed by atoms with Crippen molar-refractivity contribution < 1.29 is 9.53 Å². The summed E-state index contributed by atoms with van der Waals surface area (Å²) in [6.45, 7) is 2.82. The Labute approximate surface area is 84.2 Å². The molecule has 3 N–H and O–H groups in total. The SMILES string of the molecule is CCOCC(N)C(=O)NC12CC(C1)C2. The summed E-state index contributed by atoms with van der Waals surface area (Å²) in [6, 6.07) is -0.510. The number of nitrogens with two attached hydrogens (primary N) is 1. The molecule has 80 valence electrons. The van der Waals surface area contributed by atoms with Crippen LogP contribution in [0.25, 0.3) is 0 Å². The summed E-state index contributed by atoms with van der Waals surface area (Å²) in [4.78, 5) is 11.6. The van der Waals surface area contributed by atoms with E-state index in [1.807, 2.05) is 6.92 Å². The summed E-state index contributed by atoms with van der Waals surface area (Å²) in [5.74, 6) is 0.815. The first kappa shape index (κ1) is 9.93. The zero-order chi connectivity index (χ0) is 10.2. The van der Waals surface area contributed by atoms with Crippen molar-refractivity contribution in [2.75, 3.05) is 13.2 Å². The minimum Gasteiger partial charge on any atom is -0.380 e. The second-order valence-corrected chi connectivity index (χ2v) is 4.51. The Balaban J connectivity index is 1.71. The second kappa shape index (κ2) is 3.51. The van der Waals surface area contributed by atoms with Crippen LogP contribution in [-0.2, 0) is 9.53 Å². The van der Waals surface area contributed by atoms with Gasteiger partial charge in [0.1, 0.15) is 6.04 Å². The number of amides is 1. The molecule has 2 bridgehead atoms. The molecule has 3 saturated carbocycles. The third kappa shape index (κ3) is 1.64. The Bertz CT molecular complexity index is 225. The van der Waals surface area contributed by atoms with E-state index in [9.17, 15) is 4.79 Å². The van der Waals surface area contributed by atoms with Gasteiger partial charge in [0.05, 0.1) is 6.61 Å². The van der Waals surface area contributed by atoms with Crippen molar-refractivity contribution in [3.05, 3.63) is 0 Å². The summed E-state index contributed by atoms with van der Waals surface area (Å²) in [5, 5.41) is 3.02. The summed E-state index contributed by atoms with van der Waals surface area (Å²) < 4.78 is 5.11. The van der Waals surface area contributed by atoms with Gasteiger partial charge in [0.15, 0.2) is 0 Å². The van der Waals surface area contributed by atoms with Crippen molar-refractivity contribution in [1.82, 2.24) is 5.32 Å². The number of rotatable bonds is 5. The molecule has 14 heavy (non-hydrogen) atoms. The Morgan fingerprint density at radius 3 is 2.71 bits per heavy atom. The third-order valence-corrected chi connectivity index (χ3v) is 3.26. The van der Waals surface area contributed by atoms with E-state index < -0.39 is 6.04 Å². The highest BCUT2D eigenvalue weighted by molar-refractivity contribution is 5.82. The number of carbonyl (C=O) groups excluding carboxylic acids is 1. The van der Waals surface area contributed by atoms with Crippen molar-refractivity contribution in [2.45, 2.75) is 37.8 Å². The van der Waals surface area contributed by atoms with Gasteiger partial charge in [-0.3, -0.25) is 4.79 Å². The van der Waals surface area contributed by atoms with Gasteiger partial charge in [0.2, 0.25) is 5.91 Å². The van der Waals surface area contributed by atoms with E-state index in [1.54, 1.807) is 0 Å². The van der Waals surface area contributed by atoms with Crippen LogP contribution in [0.3, 0.4) is 0 Å². The lowest BCUT2D eigenvalue weighted by molar-refractivity contribution is -0.135. The van der Waals surface area contributed by atoms with Crippen LogP contribution in [0.2, 0.25) is 0 Å². The molecule has 0 aromatic carbocycles. The second-order valence-electron chi connectivity index (χ2n) is 4.51. The van der Waals surface area contributed by atoms with Crippen molar-refractivity contribution in [3.63, 3.8) is 0 Å². The summed E-state index contributed by atoms with van der Waals surface area (Å²) in [7, 11) is 0. The van der Waals surface area contributed by atoms with E-state index in [-0.39, 0.29) is 11.4 Å². The fourth-order valence-corrected chi connectivity index (χ4v) is 2.31. The third-order valence-electron chi connectivity index (χ3n) is 3.26.